The molecule has 138 valence electrons. The number of nitrogens with two attached hydrogens (primary N) is 1. The molecule has 1 amide bonds. The Morgan fingerprint density at radius 3 is 2.44 bits per heavy atom. The lowest BCUT2D eigenvalue weighted by Gasteiger charge is -2.08. The van der Waals surface area contributed by atoms with E-state index in [4.69, 9.17) is 5.73 Å². The number of carbonyl (C=O) groups excluding carboxylic acids is 1. The third kappa shape index (κ3) is 4.77. The largest absolute Gasteiger partial charge is 0.383 e. The molecule has 3 rings (SSSR count). The van der Waals surface area contributed by atoms with Gasteiger partial charge in [0.15, 0.2) is 5.16 Å². The summed E-state index contributed by atoms with van der Waals surface area (Å²) in [6.07, 6.45) is 0. The topological polar surface area (TPSA) is 101 Å². The van der Waals surface area contributed by atoms with Crippen LogP contribution >= 0.6 is 11.8 Å². The van der Waals surface area contributed by atoms with Gasteiger partial charge in [0.1, 0.15) is 5.82 Å². The van der Waals surface area contributed by atoms with Gasteiger partial charge in [0.2, 0.25) is 5.91 Å². The van der Waals surface area contributed by atoms with E-state index in [-0.39, 0.29) is 23.0 Å². The summed E-state index contributed by atoms with van der Waals surface area (Å²) in [6.45, 7) is 3.95. The standard InChI is InChI=1S/C20H20N4O2S/c1-12-8-13(2)10-15(9-12)22-16(25)11-27-20-23-18(21)17(19(26)24-20)14-6-4-3-5-7-14/h3-10H,11H2,1-2H3,(H,22,25)(H3,21,23,24,26). The fourth-order valence-corrected chi connectivity index (χ4v) is 3.47. The molecule has 0 fully saturated rings. The molecule has 2 aromatic carbocycles. The first-order valence-electron chi connectivity index (χ1n) is 8.38. The lowest BCUT2D eigenvalue weighted by Crippen LogP contribution is -2.17. The number of aryl methyl sites for hydroxylation is 2. The Morgan fingerprint density at radius 2 is 1.81 bits per heavy atom. The van der Waals surface area contributed by atoms with Crippen LogP contribution in [0.25, 0.3) is 11.1 Å². The molecule has 1 aromatic heterocycles. The molecule has 3 aromatic rings. The maximum absolute atomic E-state index is 12.4. The quantitative estimate of drug-likeness (QED) is 0.465. The smallest absolute Gasteiger partial charge is 0.261 e. The molecule has 0 atom stereocenters. The van der Waals surface area contributed by atoms with Crippen LogP contribution in [0.3, 0.4) is 0 Å². The molecule has 0 aliphatic heterocycles. The number of amides is 1. The Hall–Kier alpha value is -3.06. The van der Waals surface area contributed by atoms with Crippen LogP contribution in [-0.4, -0.2) is 21.6 Å². The number of rotatable bonds is 5. The molecule has 0 aliphatic carbocycles. The molecule has 0 saturated heterocycles. The third-order valence-corrected chi connectivity index (χ3v) is 4.71. The van der Waals surface area contributed by atoms with Gasteiger partial charge < -0.3 is 16.0 Å². The maximum Gasteiger partial charge on any atom is 0.261 e. The summed E-state index contributed by atoms with van der Waals surface area (Å²) in [4.78, 5) is 31.5. The summed E-state index contributed by atoms with van der Waals surface area (Å²) >= 11 is 1.13. The predicted octanol–water partition coefficient (Wildman–Crippen LogP) is 3.37. The van der Waals surface area contributed by atoms with E-state index in [1.807, 2.05) is 50.2 Å². The summed E-state index contributed by atoms with van der Waals surface area (Å²) in [7, 11) is 0. The number of hydrogen-bond donors (Lipinski definition) is 3. The van der Waals surface area contributed by atoms with Gasteiger partial charge in [0.05, 0.1) is 11.3 Å². The Bertz CT molecular complexity index is 1010. The van der Waals surface area contributed by atoms with Gasteiger partial charge in [-0.2, -0.15) is 0 Å². The minimum atomic E-state index is -0.328. The highest BCUT2D eigenvalue weighted by molar-refractivity contribution is 7.99. The zero-order chi connectivity index (χ0) is 19.4. The maximum atomic E-state index is 12.4. The molecule has 4 N–H and O–H groups in total. The molecular formula is C20H20N4O2S. The number of hydrogen-bond acceptors (Lipinski definition) is 5. The fraction of sp³-hybridized carbons (Fsp3) is 0.150. The molecule has 0 aliphatic rings. The Balaban J connectivity index is 1.69. The van der Waals surface area contributed by atoms with E-state index < -0.39 is 0 Å². The summed E-state index contributed by atoms with van der Waals surface area (Å²) in [6, 6.07) is 15.0. The van der Waals surface area contributed by atoms with E-state index in [9.17, 15) is 9.59 Å². The highest BCUT2D eigenvalue weighted by Crippen LogP contribution is 2.22. The molecule has 7 heteroatoms. The van der Waals surface area contributed by atoms with Crippen molar-refractivity contribution in [1.29, 1.82) is 0 Å². The lowest BCUT2D eigenvalue weighted by atomic mass is 10.1. The predicted molar refractivity (Wildman–Crippen MR) is 110 cm³/mol. The van der Waals surface area contributed by atoms with Crippen LogP contribution in [0, 0.1) is 13.8 Å². The number of aromatic amines is 1. The van der Waals surface area contributed by atoms with Gasteiger partial charge in [-0.3, -0.25) is 9.59 Å². The summed E-state index contributed by atoms with van der Waals surface area (Å²) in [5, 5.41) is 3.16. The molecule has 0 spiro atoms. The van der Waals surface area contributed by atoms with Gasteiger partial charge in [-0.05, 0) is 42.7 Å². The first kappa shape index (κ1) is 18.7. The Morgan fingerprint density at radius 1 is 1.15 bits per heavy atom. The number of nitrogens with one attached hydrogen (secondary N) is 2. The van der Waals surface area contributed by atoms with Gasteiger partial charge in [-0.15, -0.1) is 0 Å². The van der Waals surface area contributed by atoms with Gasteiger partial charge in [-0.25, -0.2) is 4.98 Å². The van der Waals surface area contributed by atoms with Gasteiger partial charge in [0.25, 0.3) is 5.56 Å². The van der Waals surface area contributed by atoms with Crippen molar-refractivity contribution >= 4 is 29.2 Å². The second-order valence-corrected chi connectivity index (χ2v) is 7.17. The second-order valence-electron chi connectivity index (χ2n) is 6.21. The van der Waals surface area contributed by atoms with Crippen molar-refractivity contribution in [2.75, 3.05) is 16.8 Å². The number of benzene rings is 2. The minimum Gasteiger partial charge on any atom is -0.383 e. The highest BCUT2D eigenvalue weighted by Gasteiger charge is 2.12. The van der Waals surface area contributed by atoms with Gasteiger partial charge in [-0.1, -0.05) is 48.2 Å². The molecule has 0 unspecified atom stereocenters. The summed E-state index contributed by atoms with van der Waals surface area (Å²) in [5.41, 5.74) is 9.58. The molecule has 1 heterocycles. The van der Waals surface area contributed by atoms with Crippen LogP contribution < -0.4 is 16.6 Å². The third-order valence-electron chi connectivity index (χ3n) is 3.83. The zero-order valence-corrected chi connectivity index (χ0v) is 15.9. The number of nitrogens with zero attached hydrogens (tertiary/aromatic N) is 1. The van der Waals surface area contributed by atoms with Crippen molar-refractivity contribution < 1.29 is 4.79 Å². The SMILES string of the molecule is Cc1cc(C)cc(NC(=O)CSc2nc(N)c(-c3ccccc3)c(=O)[nH]2)c1. The fourth-order valence-electron chi connectivity index (χ4n) is 2.80. The number of carbonyl (C=O) groups is 1. The van der Waals surface area contributed by atoms with E-state index in [0.29, 0.717) is 16.3 Å². The lowest BCUT2D eigenvalue weighted by molar-refractivity contribution is -0.113. The van der Waals surface area contributed by atoms with E-state index in [1.165, 1.54) is 0 Å². The molecule has 0 radical (unpaired) electrons. The normalized spacial score (nSPS) is 10.6. The minimum absolute atomic E-state index is 0.111. The van der Waals surface area contributed by atoms with Crippen LogP contribution in [0.5, 0.6) is 0 Å². The van der Waals surface area contributed by atoms with Crippen molar-refractivity contribution in [3.63, 3.8) is 0 Å². The van der Waals surface area contributed by atoms with Crippen LogP contribution in [-0.2, 0) is 4.79 Å². The summed E-state index contributed by atoms with van der Waals surface area (Å²) < 4.78 is 0. The van der Waals surface area contributed by atoms with Crippen molar-refractivity contribution in [3.8, 4) is 11.1 Å². The van der Waals surface area contributed by atoms with Gasteiger partial charge in [0, 0.05) is 5.69 Å². The molecule has 6 nitrogen and oxygen atoms in total. The first-order valence-corrected chi connectivity index (χ1v) is 9.37. The zero-order valence-electron chi connectivity index (χ0n) is 15.1. The Kier molecular flexibility index (Phi) is 5.61. The van der Waals surface area contributed by atoms with Crippen molar-refractivity contribution in [1.82, 2.24) is 9.97 Å². The molecule has 0 saturated carbocycles. The number of anilines is 2. The van der Waals surface area contributed by atoms with E-state index in [1.54, 1.807) is 12.1 Å². The van der Waals surface area contributed by atoms with Crippen LogP contribution in [0.4, 0.5) is 11.5 Å². The van der Waals surface area contributed by atoms with E-state index >= 15 is 0 Å². The first-order chi connectivity index (χ1) is 12.9. The number of H-pyrrole nitrogens is 1. The average Bonchev–Trinajstić information content (AvgIpc) is 2.59. The Labute approximate surface area is 161 Å². The van der Waals surface area contributed by atoms with Crippen molar-refractivity contribution in [2.45, 2.75) is 19.0 Å². The van der Waals surface area contributed by atoms with Crippen LogP contribution in [0.15, 0.2) is 58.5 Å². The second kappa shape index (κ2) is 8.09. The average molecular weight is 380 g/mol. The van der Waals surface area contributed by atoms with Crippen molar-refractivity contribution in [3.05, 3.63) is 70.0 Å². The number of nitrogen functional groups attached to an aromatic ring is 1. The number of thioether (sulfide) groups is 1. The summed E-state index contributed by atoms with van der Waals surface area (Å²) in [5.74, 6) is 0.0700. The number of aromatic nitrogens is 2. The molecule has 0 bridgehead atoms. The van der Waals surface area contributed by atoms with E-state index in [0.717, 1.165) is 28.6 Å². The van der Waals surface area contributed by atoms with E-state index in [2.05, 4.69) is 15.3 Å². The van der Waals surface area contributed by atoms with Crippen molar-refractivity contribution in [2.24, 2.45) is 0 Å². The molecule has 27 heavy (non-hydrogen) atoms. The highest BCUT2D eigenvalue weighted by atomic mass is 32.2. The van der Waals surface area contributed by atoms with Gasteiger partial charge >= 0.3 is 0 Å². The monoisotopic (exact) mass is 380 g/mol. The van der Waals surface area contributed by atoms with Crippen LogP contribution in [0.1, 0.15) is 11.1 Å². The van der Waals surface area contributed by atoms with Crippen LogP contribution in [0.2, 0.25) is 0 Å². The molecular weight excluding hydrogens is 360 g/mol.